The van der Waals surface area contributed by atoms with Crippen LogP contribution in [0.15, 0.2) is 47.4 Å². The molecule has 3 rings (SSSR count). The minimum absolute atomic E-state index is 0.0750. The van der Waals surface area contributed by atoms with Crippen molar-refractivity contribution in [3.05, 3.63) is 58.5 Å². The quantitative estimate of drug-likeness (QED) is 0.212. The molecule has 7 heteroatoms. The van der Waals surface area contributed by atoms with Crippen molar-refractivity contribution < 1.29 is 19.0 Å². The third-order valence-electron chi connectivity index (χ3n) is 5.57. The maximum Gasteiger partial charge on any atom is 0.266 e. The zero-order valence-corrected chi connectivity index (χ0v) is 21.3. The Balaban J connectivity index is 1.60. The van der Waals surface area contributed by atoms with E-state index in [0.29, 0.717) is 52.8 Å². The molecule has 0 N–H and O–H groups in total. The molecular formula is C26H31NO4S2. The van der Waals surface area contributed by atoms with Crippen LogP contribution in [0.2, 0.25) is 0 Å². The van der Waals surface area contributed by atoms with Gasteiger partial charge in [0, 0.05) is 18.5 Å². The maximum absolute atomic E-state index is 12.6. The van der Waals surface area contributed by atoms with Crippen molar-refractivity contribution in [2.75, 3.05) is 26.9 Å². The molecule has 0 aliphatic carbocycles. The molecule has 1 aliphatic rings. The molecule has 0 radical (unpaired) electrons. The van der Waals surface area contributed by atoms with E-state index in [1.54, 1.807) is 12.0 Å². The number of amides is 1. The van der Waals surface area contributed by atoms with Gasteiger partial charge in [-0.15, -0.1) is 0 Å². The van der Waals surface area contributed by atoms with Gasteiger partial charge in [-0.3, -0.25) is 9.69 Å². The zero-order chi connectivity index (χ0) is 23.8. The number of likely N-dealkylation sites (N-methyl/N-ethyl adjacent to an activating group) is 1. The Labute approximate surface area is 206 Å². The van der Waals surface area contributed by atoms with Gasteiger partial charge in [-0.1, -0.05) is 62.1 Å². The number of carbonyl (C=O) groups excluding carboxylic acids is 1. The number of nitrogens with zero attached hydrogens (tertiary/aromatic N) is 1. The molecule has 33 heavy (non-hydrogen) atoms. The van der Waals surface area contributed by atoms with E-state index < -0.39 is 0 Å². The van der Waals surface area contributed by atoms with Crippen LogP contribution in [0.1, 0.15) is 50.7 Å². The van der Waals surface area contributed by atoms with Crippen LogP contribution in [0.3, 0.4) is 0 Å². The van der Waals surface area contributed by atoms with E-state index in [2.05, 4.69) is 26.0 Å². The van der Waals surface area contributed by atoms with Gasteiger partial charge >= 0.3 is 0 Å². The molecule has 176 valence electrons. The second-order valence-electron chi connectivity index (χ2n) is 7.73. The van der Waals surface area contributed by atoms with E-state index in [-0.39, 0.29) is 5.91 Å². The van der Waals surface area contributed by atoms with Gasteiger partial charge in [0.1, 0.15) is 10.1 Å². The van der Waals surface area contributed by atoms with E-state index in [9.17, 15) is 4.79 Å². The molecule has 0 saturated carbocycles. The first kappa shape index (κ1) is 25.1. The highest BCUT2D eigenvalue weighted by Gasteiger charge is 2.31. The molecule has 1 unspecified atom stereocenters. The Morgan fingerprint density at radius 1 is 1.09 bits per heavy atom. The standard InChI is InChI=1S/C26H31NO4S2/c1-5-18(3)19-11-13-21(14-12-19)30-15-8-16-31-24-20(9-7-10-22(24)29-4)17-23-25(28)27(6-2)26(32)33-23/h7,9-14,17-18H,5-6,8,15-16H2,1-4H3/b23-17+. The zero-order valence-electron chi connectivity index (χ0n) is 19.6. The van der Waals surface area contributed by atoms with E-state index in [1.165, 1.54) is 17.3 Å². The minimum atomic E-state index is -0.0750. The fourth-order valence-corrected chi connectivity index (χ4v) is 4.80. The summed E-state index contributed by atoms with van der Waals surface area (Å²) in [7, 11) is 1.61. The highest BCUT2D eigenvalue weighted by atomic mass is 32.2. The van der Waals surface area contributed by atoms with Crippen LogP contribution in [0.4, 0.5) is 0 Å². The van der Waals surface area contributed by atoms with Crippen molar-refractivity contribution in [1.29, 1.82) is 0 Å². The predicted octanol–water partition coefficient (Wildman–Crippen LogP) is 6.28. The number of hydrogen-bond donors (Lipinski definition) is 0. The first-order valence-electron chi connectivity index (χ1n) is 11.3. The lowest BCUT2D eigenvalue weighted by Gasteiger charge is -2.14. The van der Waals surface area contributed by atoms with Gasteiger partial charge in [0.05, 0.1) is 25.2 Å². The molecule has 0 spiro atoms. The summed E-state index contributed by atoms with van der Waals surface area (Å²) in [6, 6.07) is 13.9. The van der Waals surface area contributed by atoms with E-state index in [0.717, 1.165) is 17.7 Å². The summed E-state index contributed by atoms with van der Waals surface area (Å²) < 4.78 is 18.0. The molecular weight excluding hydrogens is 454 g/mol. The summed E-state index contributed by atoms with van der Waals surface area (Å²) in [6.45, 7) is 7.90. The Bertz CT molecular complexity index is 1000. The van der Waals surface area contributed by atoms with Crippen molar-refractivity contribution >= 4 is 40.3 Å². The maximum atomic E-state index is 12.6. The lowest BCUT2D eigenvalue weighted by molar-refractivity contribution is -0.121. The van der Waals surface area contributed by atoms with Crippen molar-refractivity contribution in [2.24, 2.45) is 0 Å². The number of rotatable bonds is 11. The number of carbonyl (C=O) groups is 1. The van der Waals surface area contributed by atoms with Gasteiger partial charge < -0.3 is 14.2 Å². The van der Waals surface area contributed by atoms with E-state index in [4.69, 9.17) is 26.4 Å². The summed E-state index contributed by atoms with van der Waals surface area (Å²) in [5, 5.41) is 0. The van der Waals surface area contributed by atoms with Crippen LogP contribution < -0.4 is 14.2 Å². The number of methoxy groups -OCH3 is 1. The molecule has 0 aromatic heterocycles. The van der Waals surface area contributed by atoms with Crippen molar-refractivity contribution in [3.63, 3.8) is 0 Å². The number of ether oxygens (including phenoxy) is 3. The summed E-state index contributed by atoms with van der Waals surface area (Å²) in [4.78, 5) is 14.8. The fourth-order valence-electron chi connectivity index (χ4n) is 3.43. The van der Waals surface area contributed by atoms with Crippen LogP contribution >= 0.6 is 24.0 Å². The molecule has 0 bridgehead atoms. The van der Waals surface area contributed by atoms with Crippen LogP contribution in [-0.2, 0) is 4.79 Å². The average molecular weight is 486 g/mol. The summed E-state index contributed by atoms with van der Waals surface area (Å²) in [5.41, 5.74) is 2.11. The van der Waals surface area contributed by atoms with Crippen molar-refractivity contribution in [2.45, 2.75) is 39.5 Å². The Hall–Kier alpha value is -2.51. The first-order valence-corrected chi connectivity index (χ1v) is 12.5. The normalized spacial score (nSPS) is 15.8. The Kier molecular flexibility index (Phi) is 9.21. The molecule has 1 amide bonds. The SMILES string of the molecule is CCC(C)c1ccc(OCCCOc2c(/C=C3/SC(=S)N(CC)C3=O)cccc2OC)cc1. The number of benzene rings is 2. The van der Waals surface area contributed by atoms with Crippen LogP contribution in [-0.4, -0.2) is 42.0 Å². The number of thioether (sulfide) groups is 1. The van der Waals surface area contributed by atoms with E-state index >= 15 is 0 Å². The van der Waals surface area contributed by atoms with Crippen molar-refractivity contribution in [3.8, 4) is 17.2 Å². The number of thiocarbonyl (C=S) groups is 1. The largest absolute Gasteiger partial charge is 0.493 e. The molecule has 1 fully saturated rings. The molecule has 1 atom stereocenters. The van der Waals surface area contributed by atoms with Crippen LogP contribution in [0.5, 0.6) is 17.2 Å². The van der Waals surface area contributed by atoms with Gasteiger partial charge in [0.25, 0.3) is 5.91 Å². The first-order chi connectivity index (χ1) is 16.0. The topological polar surface area (TPSA) is 48.0 Å². The molecule has 1 aliphatic heterocycles. The lowest BCUT2D eigenvalue weighted by Crippen LogP contribution is -2.27. The van der Waals surface area contributed by atoms with Crippen LogP contribution in [0, 0.1) is 0 Å². The molecule has 5 nitrogen and oxygen atoms in total. The summed E-state index contributed by atoms with van der Waals surface area (Å²) >= 11 is 6.62. The van der Waals surface area contributed by atoms with Gasteiger partial charge in [0.15, 0.2) is 11.5 Å². The van der Waals surface area contributed by atoms with Gasteiger partial charge in [0.2, 0.25) is 0 Å². The smallest absolute Gasteiger partial charge is 0.266 e. The Morgan fingerprint density at radius 2 is 1.82 bits per heavy atom. The fraction of sp³-hybridized carbons (Fsp3) is 0.385. The average Bonchev–Trinajstić information content (AvgIpc) is 3.11. The van der Waals surface area contributed by atoms with Gasteiger partial charge in [-0.05, 0) is 49.1 Å². The molecule has 1 saturated heterocycles. The second-order valence-corrected chi connectivity index (χ2v) is 9.41. The lowest BCUT2D eigenvalue weighted by atomic mass is 9.99. The second kappa shape index (κ2) is 12.1. The third-order valence-corrected chi connectivity index (χ3v) is 6.95. The third kappa shape index (κ3) is 6.30. The predicted molar refractivity (Wildman–Crippen MR) is 139 cm³/mol. The van der Waals surface area contributed by atoms with E-state index in [1.807, 2.05) is 43.3 Å². The van der Waals surface area contributed by atoms with Gasteiger partial charge in [-0.25, -0.2) is 0 Å². The van der Waals surface area contributed by atoms with Crippen molar-refractivity contribution in [1.82, 2.24) is 4.90 Å². The minimum Gasteiger partial charge on any atom is -0.493 e. The highest BCUT2D eigenvalue weighted by molar-refractivity contribution is 8.26. The highest BCUT2D eigenvalue weighted by Crippen LogP contribution is 2.37. The Morgan fingerprint density at radius 3 is 2.45 bits per heavy atom. The monoisotopic (exact) mass is 485 g/mol. The molecule has 2 aromatic carbocycles. The van der Waals surface area contributed by atoms with Gasteiger partial charge in [-0.2, -0.15) is 0 Å². The number of hydrogen-bond acceptors (Lipinski definition) is 6. The summed E-state index contributed by atoms with van der Waals surface area (Å²) in [5.74, 6) is 2.57. The van der Waals surface area contributed by atoms with Crippen LogP contribution in [0.25, 0.3) is 6.08 Å². The summed E-state index contributed by atoms with van der Waals surface area (Å²) in [6.07, 6.45) is 3.65. The molecule has 1 heterocycles. The number of para-hydroxylation sites is 1. The molecule has 2 aromatic rings.